The Hall–Kier alpha value is -3.32. The Bertz CT molecular complexity index is 1050. The van der Waals surface area contributed by atoms with Gasteiger partial charge in [-0.1, -0.05) is 45.9 Å². The number of carbonyl (C=O) groups excluding carboxylic acids is 2. The molecule has 4 rings (SSSR count). The second kappa shape index (κ2) is 16.4. The van der Waals surface area contributed by atoms with Crippen molar-refractivity contribution in [3.63, 3.8) is 0 Å². The zero-order valence-electron chi connectivity index (χ0n) is 22.7. The molecule has 2 N–H and O–H groups in total. The summed E-state index contributed by atoms with van der Waals surface area (Å²) in [6.45, 7) is 16.5. The fourth-order valence-electron chi connectivity index (χ4n) is 4.79. The summed E-state index contributed by atoms with van der Waals surface area (Å²) in [6.07, 6.45) is 5.52. The van der Waals surface area contributed by atoms with E-state index in [-0.39, 0.29) is 0 Å². The quantitative estimate of drug-likeness (QED) is 0.426. The van der Waals surface area contributed by atoms with Gasteiger partial charge in [0, 0.05) is 42.8 Å². The molecule has 0 saturated carbocycles. The van der Waals surface area contributed by atoms with Crippen molar-refractivity contribution in [2.45, 2.75) is 72.5 Å². The van der Waals surface area contributed by atoms with Gasteiger partial charge in [0.1, 0.15) is 31.3 Å². The molecule has 0 fully saturated rings. The van der Waals surface area contributed by atoms with Crippen LogP contribution < -0.4 is 10.6 Å². The van der Waals surface area contributed by atoms with Gasteiger partial charge in [0.15, 0.2) is 0 Å². The molecule has 1 atom stereocenters. The van der Waals surface area contributed by atoms with Gasteiger partial charge in [-0.3, -0.25) is 4.90 Å². The van der Waals surface area contributed by atoms with E-state index in [4.69, 9.17) is 9.59 Å². The SMILES string of the molecule is C=O.C=O.CC.CCC(CC)N1CCc2c(cccc2Nc2ccc(C)c(C3NC=C(F)C=C3F)c2)C1. The van der Waals surface area contributed by atoms with Gasteiger partial charge >= 0.3 is 0 Å². The van der Waals surface area contributed by atoms with Crippen LogP contribution >= 0.6 is 0 Å². The molecule has 2 heterocycles. The van der Waals surface area contributed by atoms with E-state index in [9.17, 15) is 8.78 Å². The maximum absolute atomic E-state index is 14.4. The van der Waals surface area contributed by atoms with Crippen molar-refractivity contribution in [1.82, 2.24) is 10.2 Å². The zero-order chi connectivity index (χ0) is 28.0. The molecule has 5 nitrogen and oxygen atoms in total. The summed E-state index contributed by atoms with van der Waals surface area (Å²) in [6, 6.07) is 12.4. The number of nitrogens with zero attached hydrogens (tertiary/aromatic N) is 1. The second-order valence-electron chi connectivity index (χ2n) is 8.49. The van der Waals surface area contributed by atoms with Crippen molar-refractivity contribution in [2.75, 3.05) is 11.9 Å². The molecular weight excluding hydrogens is 472 g/mol. The van der Waals surface area contributed by atoms with Gasteiger partial charge in [-0.2, -0.15) is 0 Å². The molecule has 0 aliphatic carbocycles. The number of anilines is 2. The van der Waals surface area contributed by atoms with Crippen LogP contribution in [0.3, 0.4) is 0 Å². The average molecular weight is 514 g/mol. The molecule has 0 radical (unpaired) electrons. The molecule has 202 valence electrons. The number of nitrogens with one attached hydrogen (secondary N) is 2. The maximum Gasteiger partial charge on any atom is 0.141 e. The number of allylic oxidation sites excluding steroid dienone is 2. The largest absolute Gasteiger partial charge is 0.376 e. The van der Waals surface area contributed by atoms with Gasteiger partial charge in [-0.15, -0.1) is 0 Å². The highest BCUT2D eigenvalue weighted by Crippen LogP contribution is 2.34. The maximum atomic E-state index is 14.4. The number of hydrogen-bond donors (Lipinski definition) is 2. The number of aryl methyl sites for hydroxylation is 1. The predicted molar refractivity (Wildman–Crippen MR) is 149 cm³/mol. The third-order valence-corrected chi connectivity index (χ3v) is 6.56. The summed E-state index contributed by atoms with van der Waals surface area (Å²) in [4.78, 5) is 18.6. The molecule has 0 aromatic heterocycles. The van der Waals surface area contributed by atoms with Gasteiger partial charge in [0.2, 0.25) is 0 Å². The van der Waals surface area contributed by atoms with Gasteiger partial charge in [-0.25, -0.2) is 8.78 Å². The first-order valence-electron chi connectivity index (χ1n) is 12.8. The van der Waals surface area contributed by atoms with Crippen molar-refractivity contribution in [3.8, 4) is 0 Å². The molecule has 7 heteroatoms. The number of halogens is 2. The summed E-state index contributed by atoms with van der Waals surface area (Å²) < 4.78 is 27.7. The number of rotatable bonds is 6. The Morgan fingerprint density at radius 1 is 1.08 bits per heavy atom. The first kappa shape index (κ1) is 31.7. The van der Waals surface area contributed by atoms with Crippen molar-refractivity contribution in [3.05, 3.63) is 82.6 Å². The summed E-state index contributed by atoms with van der Waals surface area (Å²) in [5, 5.41) is 6.39. The molecule has 2 aliphatic heterocycles. The third-order valence-electron chi connectivity index (χ3n) is 6.56. The van der Waals surface area contributed by atoms with Gasteiger partial charge < -0.3 is 20.2 Å². The number of fused-ring (bicyclic) bond motifs is 1. The molecule has 2 aliphatic rings. The predicted octanol–water partition coefficient (Wildman–Crippen LogP) is 7.25. The molecule has 37 heavy (non-hydrogen) atoms. The lowest BCUT2D eigenvalue weighted by Crippen LogP contribution is -2.38. The summed E-state index contributed by atoms with van der Waals surface area (Å²) in [5.41, 5.74) is 6.50. The molecule has 0 spiro atoms. The zero-order valence-corrected chi connectivity index (χ0v) is 22.7. The van der Waals surface area contributed by atoms with E-state index in [0.29, 0.717) is 6.04 Å². The fourth-order valence-corrected chi connectivity index (χ4v) is 4.79. The van der Waals surface area contributed by atoms with Crippen LogP contribution in [0, 0.1) is 6.92 Å². The van der Waals surface area contributed by atoms with Gasteiger partial charge in [-0.05, 0) is 66.6 Å². The molecular formula is C30H41F2N3O2. The highest BCUT2D eigenvalue weighted by Gasteiger charge is 2.24. The monoisotopic (exact) mass is 513 g/mol. The lowest BCUT2D eigenvalue weighted by Gasteiger charge is -2.35. The summed E-state index contributed by atoms with van der Waals surface area (Å²) in [7, 11) is 0. The smallest absolute Gasteiger partial charge is 0.141 e. The average Bonchev–Trinajstić information content (AvgIpc) is 2.94. The van der Waals surface area contributed by atoms with Crippen LogP contribution in [0.2, 0.25) is 0 Å². The lowest BCUT2D eigenvalue weighted by molar-refractivity contribution is -0.0987. The molecule has 1 unspecified atom stereocenters. The molecule has 2 aromatic rings. The Labute approximate surface area is 220 Å². The van der Waals surface area contributed by atoms with Gasteiger partial charge in [0.05, 0.1) is 0 Å². The van der Waals surface area contributed by atoms with Crippen molar-refractivity contribution >= 4 is 25.0 Å². The minimum Gasteiger partial charge on any atom is -0.376 e. The van der Waals surface area contributed by atoms with E-state index in [1.165, 1.54) is 30.2 Å². The number of benzene rings is 2. The van der Waals surface area contributed by atoms with Crippen LogP contribution in [0.25, 0.3) is 0 Å². The topological polar surface area (TPSA) is 61.4 Å². The van der Waals surface area contributed by atoms with E-state index in [1.807, 2.05) is 52.5 Å². The van der Waals surface area contributed by atoms with Gasteiger partial charge in [0.25, 0.3) is 0 Å². The highest BCUT2D eigenvalue weighted by atomic mass is 19.1. The number of carbonyl (C=O) groups is 2. The van der Waals surface area contributed by atoms with Crippen LogP contribution in [0.5, 0.6) is 0 Å². The van der Waals surface area contributed by atoms with E-state index in [0.717, 1.165) is 48.1 Å². The molecule has 0 bridgehead atoms. The van der Waals surface area contributed by atoms with E-state index in [1.54, 1.807) is 0 Å². The Kier molecular flexibility index (Phi) is 14.1. The van der Waals surface area contributed by atoms with Crippen molar-refractivity contribution in [2.24, 2.45) is 0 Å². The Morgan fingerprint density at radius 3 is 2.38 bits per heavy atom. The van der Waals surface area contributed by atoms with Crippen LogP contribution in [-0.4, -0.2) is 31.1 Å². The molecule has 2 aromatic carbocycles. The molecule has 0 amide bonds. The summed E-state index contributed by atoms with van der Waals surface area (Å²) >= 11 is 0. The first-order chi connectivity index (χ1) is 18.0. The van der Waals surface area contributed by atoms with E-state index in [2.05, 4.69) is 47.6 Å². The minimum absolute atomic E-state index is 0.515. The van der Waals surface area contributed by atoms with Crippen molar-refractivity contribution in [1.29, 1.82) is 0 Å². The number of hydrogen-bond acceptors (Lipinski definition) is 5. The standard InChI is InChI=1S/C26H31F2N3.C2H6.2CH2O/c1-4-21(5-2)31-12-11-22-18(16-31)7-6-8-25(22)30-20-10-9-17(3)23(14-20)26-24(28)13-19(27)15-29-26;3*1-2/h6-10,13-15,21,26,29-30H,4-5,11-12,16H2,1-3H3;1-2H3;2*1H2. The van der Waals surface area contributed by atoms with Crippen LogP contribution in [0.15, 0.2) is 60.3 Å². The van der Waals surface area contributed by atoms with Crippen LogP contribution in [0.1, 0.15) is 68.8 Å². The second-order valence-corrected chi connectivity index (χ2v) is 8.49. The van der Waals surface area contributed by atoms with Crippen molar-refractivity contribution < 1.29 is 18.4 Å². The summed E-state index contributed by atoms with van der Waals surface area (Å²) in [5.74, 6) is -1.11. The highest BCUT2D eigenvalue weighted by molar-refractivity contribution is 5.66. The minimum atomic E-state index is -0.667. The number of dihydropyridines is 1. The molecule has 0 saturated heterocycles. The Balaban J connectivity index is 0.00000106. The third kappa shape index (κ3) is 8.09. The van der Waals surface area contributed by atoms with Crippen LogP contribution in [-0.2, 0) is 22.6 Å². The van der Waals surface area contributed by atoms with E-state index >= 15 is 0 Å². The normalized spacial score (nSPS) is 16.2. The lowest BCUT2D eigenvalue weighted by atomic mass is 9.95. The fraction of sp³-hybridized carbons (Fsp3) is 0.400. The first-order valence-corrected chi connectivity index (χ1v) is 12.8. The van der Waals surface area contributed by atoms with E-state index < -0.39 is 17.7 Å². The van der Waals surface area contributed by atoms with Crippen LogP contribution in [0.4, 0.5) is 20.2 Å². The Morgan fingerprint density at radius 2 is 1.76 bits per heavy atom.